The highest BCUT2D eigenvalue weighted by Crippen LogP contribution is 2.31. The van der Waals surface area contributed by atoms with Crippen molar-refractivity contribution >= 4 is 16.9 Å². The van der Waals surface area contributed by atoms with Crippen molar-refractivity contribution in [1.29, 1.82) is 0 Å². The van der Waals surface area contributed by atoms with Crippen molar-refractivity contribution in [1.82, 2.24) is 24.6 Å². The van der Waals surface area contributed by atoms with Crippen LogP contribution < -0.4 is 4.74 Å². The summed E-state index contributed by atoms with van der Waals surface area (Å²) in [7, 11) is 0. The number of nitrogens with zero attached hydrogens (tertiary/aromatic N) is 5. The van der Waals surface area contributed by atoms with E-state index in [2.05, 4.69) is 9.97 Å². The van der Waals surface area contributed by atoms with Crippen LogP contribution >= 0.6 is 0 Å². The lowest BCUT2D eigenvalue weighted by molar-refractivity contribution is -0.129. The second-order valence-corrected chi connectivity index (χ2v) is 8.30. The van der Waals surface area contributed by atoms with E-state index < -0.39 is 6.43 Å². The van der Waals surface area contributed by atoms with Gasteiger partial charge in [0.2, 0.25) is 5.91 Å². The molecule has 1 saturated heterocycles. The normalized spacial score (nSPS) is 15.9. The fourth-order valence-corrected chi connectivity index (χ4v) is 4.43. The predicted molar refractivity (Wildman–Crippen MR) is 123 cm³/mol. The van der Waals surface area contributed by atoms with Crippen LogP contribution in [-0.4, -0.2) is 43.1 Å². The van der Waals surface area contributed by atoms with Gasteiger partial charge in [-0.15, -0.1) is 0 Å². The zero-order chi connectivity index (χ0) is 23.7. The standard InChI is InChI=1S/C25H23F2N5O2/c1-16(33)31-11-3-5-19(31)14-32-25-22(13-28-15-29-25)23(30-32)17-7-9-20(10-8-17)34-21-6-2-4-18(12-21)24(26)27/h2,4,6-10,12-13,15,19,24H,3,5,11,14H2,1H3/t19-/m0/s1. The van der Waals surface area contributed by atoms with Crippen LogP contribution in [0.2, 0.25) is 0 Å². The number of hydrogen-bond donors (Lipinski definition) is 0. The minimum atomic E-state index is -2.55. The number of amides is 1. The SMILES string of the molecule is CC(=O)N1CCC[C@H]1Cn1nc(-c2ccc(Oc3cccc(C(F)F)c3)cc2)c2cncnc21. The second-order valence-electron chi connectivity index (χ2n) is 8.30. The number of fused-ring (bicyclic) bond motifs is 1. The Labute approximate surface area is 195 Å². The summed E-state index contributed by atoms with van der Waals surface area (Å²) < 4.78 is 33.5. The zero-order valence-corrected chi connectivity index (χ0v) is 18.6. The molecule has 1 aliphatic rings. The first kappa shape index (κ1) is 21.9. The monoisotopic (exact) mass is 463 g/mol. The zero-order valence-electron chi connectivity index (χ0n) is 18.6. The van der Waals surface area contributed by atoms with E-state index in [9.17, 15) is 13.6 Å². The van der Waals surface area contributed by atoms with Crippen LogP contribution in [0.1, 0.15) is 31.8 Å². The van der Waals surface area contributed by atoms with Crippen LogP contribution in [0.3, 0.4) is 0 Å². The molecular formula is C25H23F2N5O2. The summed E-state index contributed by atoms with van der Waals surface area (Å²) in [6.07, 6.45) is 2.58. The van der Waals surface area contributed by atoms with Crippen LogP contribution in [0.5, 0.6) is 11.5 Å². The average molecular weight is 463 g/mol. The Morgan fingerprint density at radius 3 is 2.76 bits per heavy atom. The summed E-state index contributed by atoms with van der Waals surface area (Å²) in [5.74, 6) is 0.946. The topological polar surface area (TPSA) is 73.1 Å². The summed E-state index contributed by atoms with van der Waals surface area (Å²) in [5, 5.41) is 5.63. The van der Waals surface area contributed by atoms with Gasteiger partial charge in [0.25, 0.3) is 6.43 Å². The Morgan fingerprint density at radius 2 is 2.00 bits per heavy atom. The molecular weight excluding hydrogens is 440 g/mol. The Morgan fingerprint density at radius 1 is 1.18 bits per heavy atom. The van der Waals surface area contributed by atoms with E-state index in [0.717, 1.165) is 36.0 Å². The van der Waals surface area contributed by atoms with Gasteiger partial charge in [0, 0.05) is 30.8 Å². The maximum absolute atomic E-state index is 13.0. The van der Waals surface area contributed by atoms with Gasteiger partial charge < -0.3 is 9.64 Å². The molecule has 1 fully saturated rings. The molecule has 2 aromatic carbocycles. The van der Waals surface area contributed by atoms with Crippen molar-refractivity contribution in [2.45, 2.75) is 38.8 Å². The largest absolute Gasteiger partial charge is 0.457 e. The van der Waals surface area contributed by atoms with Gasteiger partial charge in [-0.1, -0.05) is 12.1 Å². The highest BCUT2D eigenvalue weighted by molar-refractivity contribution is 5.90. The van der Waals surface area contributed by atoms with Gasteiger partial charge in [0.15, 0.2) is 5.65 Å². The number of carbonyl (C=O) groups excluding carboxylic acids is 1. The molecule has 34 heavy (non-hydrogen) atoms. The first-order valence-corrected chi connectivity index (χ1v) is 11.1. The molecule has 1 atom stereocenters. The molecule has 1 aliphatic heterocycles. The summed E-state index contributed by atoms with van der Waals surface area (Å²) in [4.78, 5) is 22.5. The van der Waals surface area contributed by atoms with E-state index in [1.807, 2.05) is 21.7 Å². The number of likely N-dealkylation sites (tertiary alicyclic amines) is 1. The third-order valence-corrected chi connectivity index (χ3v) is 6.05. The highest BCUT2D eigenvalue weighted by atomic mass is 19.3. The summed E-state index contributed by atoms with van der Waals surface area (Å²) in [6.45, 7) is 2.93. The molecule has 0 radical (unpaired) electrons. The van der Waals surface area contributed by atoms with E-state index in [0.29, 0.717) is 23.7 Å². The van der Waals surface area contributed by atoms with E-state index in [1.165, 1.54) is 18.5 Å². The first-order valence-electron chi connectivity index (χ1n) is 11.1. The van der Waals surface area contributed by atoms with Gasteiger partial charge >= 0.3 is 0 Å². The average Bonchev–Trinajstić information content (AvgIpc) is 3.45. The first-order chi connectivity index (χ1) is 16.5. The number of aromatic nitrogens is 4. The van der Waals surface area contributed by atoms with Crippen molar-refractivity contribution in [3.05, 3.63) is 66.6 Å². The minimum absolute atomic E-state index is 0.0727. The summed E-state index contributed by atoms with van der Waals surface area (Å²) >= 11 is 0. The fourth-order valence-electron chi connectivity index (χ4n) is 4.43. The van der Waals surface area contributed by atoms with Crippen molar-refractivity contribution in [2.24, 2.45) is 0 Å². The van der Waals surface area contributed by atoms with Gasteiger partial charge in [0.05, 0.1) is 18.0 Å². The van der Waals surface area contributed by atoms with Crippen LogP contribution in [0, 0.1) is 0 Å². The van der Waals surface area contributed by atoms with Crippen LogP contribution in [-0.2, 0) is 11.3 Å². The van der Waals surface area contributed by atoms with Gasteiger partial charge in [-0.05, 0) is 49.2 Å². The lowest BCUT2D eigenvalue weighted by Crippen LogP contribution is -2.36. The number of carbonyl (C=O) groups is 1. The van der Waals surface area contributed by atoms with Gasteiger partial charge in [-0.2, -0.15) is 5.10 Å². The highest BCUT2D eigenvalue weighted by Gasteiger charge is 2.28. The van der Waals surface area contributed by atoms with E-state index in [-0.39, 0.29) is 17.5 Å². The molecule has 0 bridgehead atoms. The quantitative estimate of drug-likeness (QED) is 0.391. The second kappa shape index (κ2) is 9.17. The molecule has 174 valence electrons. The number of halogens is 2. The number of benzene rings is 2. The molecule has 0 N–H and O–H groups in total. The molecule has 1 amide bonds. The third kappa shape index (κ3) is 4.33. The van der Waals surface area contributed by atoms with Crippen molar-refractivity contribution in [3.8, 4) is 22.8 Å². The molecule has 5 rings (SSSR count). The van der Waals surface area contributed by atoms with E-state index in [4.69, 9.17) is 9.84 Å². The Hall–Kier alpha value is -3.88. The van der Waals surface area contributed by atoms with Crippen LogP contribution in [0.25, 0.3) is 22.3 Å². The predicted octanol–water partition coefficient (Wildman–Crippen LogP) is 5.23. The fraction of sp³-hybridized carbons (Fsp3) is 0.280. The summed E-state index contributed by atoms with van der Waals surface area (Å²) in [5.41, 5.74) is 2.21. The molecule has 0 saturated carbocycles. The van der Waals surface area contributed by atoms with Crippen molar-refractivity contribution in [2.75, 3.05) is 6.54 Å². The Bertz CT molecular complexity index is 1320. The lowest BCUT2D eigenvalue weighted by atomic mass is 10.1. The summed E-state index contributed by atoms with van der Waals surface area (Å²) in [6, 6.07) is 13.2. The van der Waals surface area contributed by atoms with Crippen molar-refractivity contribution < 1.29 is 18.3 Å². The molecule has 3 heterocycles. The third-order valence-electron chi connectivity index (χ3n) is 6.05. The number of hydrogen-bond acceptors (Lipinski definition) is 5. The number of rotatable bonds is 6. The van der Waals surface area contributed by atoms with Crippen LogP contribution in [0.4, 0.5) is 8.78 Å². The Balaban J connectivity index is 1.41. The smallest absolute Gasteiger partial charge is 0.263 e. The van der Waals surface area contributed by atoms with Crippen molar-refractivity contribution in [3.63, 3.8) is 0 Å². The van der Waals surface area contributed by atoms with E-state index in [1.54, 1.807) is 37.4 Å². The minimum Gasteiger partial charge on any atom is -0.457 e. The molecule has 0 unspecified atom stereocenters. The maximum atomic E-state index is 13.0. The lowest BCUT2D eigenvalue weighted by Gasteiger charge is -2.23. The van der Waals surface area contributed by atoms with Gasteiger partial charge in [-0.3, -0.25) is 4.79 Å². The van der Waals surface area contributed by atoms with Gasteiger partial charge in [0.1, 0.15) is 23.5 Å². The van der Waals surface area contributed by atoms with Crippen LogP contribution in [0.15, 0.2) is 61.1 Å². The Kier molecular flexibility index (Phi) is 5.91. The molecule has 2 aromatic heterocycles. The molecule has 0 aliphatic carbocycles. The molecule has 4 aromatic rings. The van der Waals surface area contributed by atoms with Gasteiger partial charge in [-0.25, -0.2) is 23.4 Å². The molecule has 7 nitrogen and oxygen atoms in total. The maximum Gasteiger partial charge on any atom is 0.263 e. The number of ether oxygens (including phenoxy) is 1. The van der Waals surface area contributed by atoms with E-state index >= 15 is 0 Å². The molecule has 9 heteroatoms. The molecule has 0 spiro atoms. The number of alkyl halides is 2.